The molecule has 3 rings (SSSR count). The molecule has 0 spiro atoms. The number of nitrogens with one attached hydrogen (secondary N) is 3. The second-order valence-electron chi connectivity index (χ2n) is 5.27. The van der Waals surface area contributed by atoms with Gasteiger partial charge in [-0.25, -0.2) is 4.79 Å². The molecule has 2 heterocycles. The van der Waals surface area contributed by atoms with E-state index < -0.39 is 5.97 Å². The topological polar surface area (TPSA) is 87.0 Å². The molecule has 1 amide bonds. The summed E-state index contributed by atoms with van der Waals surface area (Å²) >= 11 is 5.71. The minimum absolute atomic E-state index is 0.214. The van der Waals surface area contributed by atoms with Gasteiger partial charge in [-0.05, 0) is 24.1 Å². The van der Waals surface area contributed by atoms with Crippen LogP contribution in [0, 0.1) is 0 Å². The first kappa shape index (κ1) is 16.1. The molecule has 0 fully saturated rings. The third kappa shape index (κ3) is 3.78. The van der Waals surface area contributed by atoms with Crippen LogP contribution in [0.4, 0.5) is 0 Å². The number of esters is 1. The van der Waals surface area contributed by atoms with E-state index in [0.29, 0.717) is 18.0 Å². The van der Waals surface area contributed by atoms with Crippen molar-refractivity contribution < 1.29 is 14.3 Å². The quantitative estimate of drug-likeness (QED) is 0.600. The average molecular weight is 346 g/mol. The molecule has 7 heteroatoms. The molecule has 24 heavy (non-hydrogen) atoms. The highest BCUT2D eigenvalue weighted by Crippen LogP contribution is 2.17. The van der Waals surface area contributed by atoms with Gasteiger partial charge in [0.05, 0.1) is 5.02 Å². The number of para-hydroxylation sites is 1. The van der Waals surface area contributed by atoms with Crippen LogP contribution in [0.5, 0.6) is 0 Å². The molecule has 3 N–H and O–H groups in total. The van der Waals surface area contributed by atoms with Gasteiger partial charge in [0, 0.05) is 29.8 Å². The van der Waals surface area contributed by atoms with Crippen LogP contribution in [0.25, 0.3) is 10.9 Å². The predicted octanol–water partition coefficient (Wildman–Crippen LogP) is 2.67. The predicted molar refractivity (Wildman–Crippen MR) is 91.1 cm³/mol. The molecule has 2 aromatic heterocycles. The number of rotatable bonds is 6. The zero-order valence-electron chi connectivity index (χ0n) is 12.8. The maximum absolute atomic E-state index is 11.7. The summed E-state index contributed by atoms with van der Waals surface area (Å²) in [6.07, 6.45) is 4.10. The number of benzene rings is 1. The fourth-order valence-electron chi connectivity index (χ4n) is 2.42. The van der Waals surface area contributed by atoms with E-state index in [1.54, 1.807) is 0 Å². The summed E-state index contributed by atoms with van der Waals surface area (Å²) in [5, 5.41) is 4.28. The number of fused-ring (bicyclic) bond motifs is 1. The molecule has 0 aliphatic carbocycles. The lowest BCUT2D eigenvalue weighted by molar-refractivity contribution is -0.124. The lowest BCUT2D eigenvalue weighted by atomic mass is 10.1. The Morgan fingerprint density at radius 1 is 1.17 bits per heavy atom. The maximum atomic E-state index is 11.7. The van der Waals surface area contributed by atoms with Gasteiger partial charge >= 0.3 is 5.97 Å². The van der Waals surface area contributed by atoms with Crippen LogP contribution in [0.3, 0.4) is 0 Å². The van der Waals surface area contributed by atoms with E-state index in [4.69, 9.17) is 16.3 Å². The molecule has 0 bridgehead atoms. The Morgan fingerprint density at radius 3 is 2.79 bits per heavy atom. The van der Waals surface area contributed by atoms with Crippen molar-refractivity contribution in [2.45, 2.75) is 6.42 Å². The van der Waals surface area contributed by atoms with Crippen LogP contribution in [-0.4, -0.2) is 35.0 Å². The van der Waals surface area contributed by atoms with Crippen LogP contribution in [0.1, 0.15) is 16.1 Å². The Bertz CT molecular complexity index is 869. The first-order valence-corrected chi connectivity index (χ1v) is 7.84. The number of H-pyrrole nitrogens is 2. The van der Waals surface area contributed by atoms with Crippen molar-refractivity contribution in [2.75, 3.05) is 13.2 Å². The van der Waals surface area contributed by atoms with Gasteiger partial charge in [0.2, 0.25) is 0 Å². The van der Waals surface area contributed by atoms with Crippen LogP contribution >= 0.6 is 11.6 Å². The fraction of sp³-hybridized carbons (Fsp3) is 0.176. The summed E-state index contributed by atoms with van der Waals surface area (Å²) in [5.74, 6) is -0.963. The van der Waals surface area contributed by atoms with E-state index in [2.05, 4.69) is 15.3 Å². The van der Waals surface area contributed by atoms with E-state index in [1.807, 2.05) is 30.5 Å². The van der Waals surface area contributed by atoms with E-state index in [-0.39, 0.29) is 18.2 Å². The number of amides is 1. The Morgan fingerprint density at radius 2 is 2.00 bits per heavy atom. The third-order valence-electron chi connectivity index (χ3n) is 3.59. The Balaban J connectivity index is 1.43. The minimum atomic E-state index is -0.617. The largest absolute Gasteiger partial charge is 0.451 e. The summed E-state index contributed by atoms with van der Waals surface area (Å²) in [7, 11) is 0. The number of hydrogen-bond acceptors (Lipinski definition) is 3. The van der Waals surface area contributed by atoms with E-state index in [1.165, 1.54) is 12.3 Å². The molecule has 124 valence electrons. The molecular formula is C17H16ClN3O3. The summed E-state index contributed by atoms with van der Waals surface area (Å²) in [4.78, 5) is 29.3. The SMILES string of the molecule is O=C(COC(=O)c1cc(Cl)c[nH]1)NCCc1c[nH]c2ccccc12. The summed E-state index contributed by atoms with van der Waals surface area (Å²) in [6.45, 7) is 0.135. The van der Waals surface area contributed by atoms with Crippen molar-refractivity contribution in [3.05, 3.63) is 59.0 Å². The zero-order chi connectivity index (χ0) is 16.9. The van der Waals surface area contributed by atoms with Crippen molar-refractivity contribution >= 4 is 34.4 Å². The van der Waals surface area contributed by atoms with Gasteiger partial charge in [0.25, 0.3) is 5.91 Å². The summed E-state index contributed by atoms with van der Waals surface area (Å²) in [5.41, 5.74) is 2.41. The Hall–Kier alpha value is -2.73. The molecule has 3 aromatic rings. The molecule has 0 saturated carbocycles. The number of carbonyl (C=O) groups excluding carboxylic acids is 2. The highest BCUT2D eigenvalue weighted by atomic mass is 35.5. The first-order chi connectivity index (χ1) is 11.6. The standard InChI is InChI=1S/C17H16ClN3O3/c18-12-7-15(21-9-12)17(23)24-10-16(22)19-6-5-11-8-20-14-4-2-1-3-13(11)14/h1-4,7-9,20-21H,5-6,10H2,(H,19,22). The number of ether oxygens (including phenoxy) is 1. The molecule has 6 nitrogen and oxygen atoms in total. The molecule has 0 aliphatic heterocycles. The van der Waals surface area contributed by atoms with Gasteiger partial charge in [-0.15, -0.1) is 0 Å². The van der Waals surface area contributed by atoms with Gasteiger partial charge in [0.15, 0.2) is 6.61 Å². The number of aromatic nitrogens is 2. The molecule has 1 aromatic carbocycles. The van der Waals surface area contributed by atoms with Crippen LogP contribution < -0.4 is 5.32 Å². The average Bonchev–Trinajstić information content (AvgIpc) is 3.19. The van der Waals surface area contributed by atoms with E-state index in [0.717, 1.165) is 16.5 Å². The molecule has 0 aliphatic rings. The number of halogens is 1. The van der Waals surface area contributed by atoms with Crippen molar-refractivity contribution in [1.82, 2.24) is 15.3 Å². The van der Waals surface area contributed by atoms with Crippen LogP contribution in [0.2, 0.25) is 5.02 Å². The first-order valence-electron chi connectivity index (χ1n) is 7.46. The summed E-state index contributed by atoms with van der Waals surface area (Å²) < 4.78 is 4.91. The van der Waals surface area contributed by atoms with E-state index >= 15 is 0 Å². The maximum Gasteiger partial charge on any atom is 0.355 e. The zero-order valence-corrected chi connectivity index (χ0v) is 13.5. The highest BCUT2D eigenvalue weighted by molar-refractivity contribution is 6.30. The van der Waals surface area contributed by atoms with Gasteiger partial charge in [-0.1, -0.05) is 29.8 Å². The fourth-order valence-corrected chi connectivity index (χ4v) is 2.58. The Kier molecular flexibility index (Phi) is 4.86. The number of aromatic amines is 2. The molecule has 0 atom stereocenters. The molecular weight excluding hydrogens is 330 g/mol. The highest BCUT2D eigenvalue weighted by Gasteiger charge is 2.12. The number of carbonyl (C=O) groups is 2. The van der Waals surface area contributed by atoms with Crippen molar-refractivity contribution in [2.24, 2.45) is 0 Å². The second-order valence-corrected chi connectivity index (χ2v) is 5.70. The van der Waals surface area contributed by atoms with Crippen molar-refractivity contribution in [3.63, 3.8) is 0 Å². The number of hydrogen-bond donors (Lipinski definition) is 3. The molecule has 0 radical (unpaired) electrons. The second kappa shape index (κ2) is 7.23. The van der Waals surface area contributed by atoms with Gasteiger partial charge in [0.1, 0.15) is 5.69 Å². The molecule has 0 saturated heterocycles. The Labute approximate surface area is 143 Å². The van der Waals surface area contributed by atoms with Gasteiger partial charge in [-0.2, -0.15) is 0 Å². The van der Waals surface area contributed by atoms with Gasteiger partial charge in [-0.3, -0.25) is 4.79 Å². The lowest BCUT2D eigenvalue weighted by Crippen LogP contribution is -2.30. The minimum Gasteiger partial charge on any atom is -0.451 e. The van der Waals surface area contributed by atoms with Gasteiger partial charge < -0.3 is 20.0 Å². The van der Waals surface area contributed by atoms with Crippen molar-refractivity contribution in [3.8, 4) is 0 Å². The monoisotopic (exact) mass is 345 g/mol. The van der Waals surface area contributed by atoms with Crippen LogP contribution in [-0.2, 0) is 16.0 Å². The van der Waals surface area contributed by atoms with E-state index in [9.17, 15) is 9.59 Å². The normalized spacial score (nSPS) is 10.7. The third-order valence-corrected chi connectivity index (χ3v) is 3.81. The molecule has 0 unspecified atom stereocenters. The summed E-state index contributed by atoms with van der Waals surface area (Å²) in [6, 6.07) is 9.43. The smallest absolute Gasteiger partial charge is 0.355 e. The lowest BCUT2D eigenvalue weighted by Gasteiger charge is -2.05. The van der Waals surface area contributed by atoms with Crippen molar-refractivity contribution in [1.29, 1.82) is 0 Å². The van der Waals surface area contributed by atoms with Crippen LogP contribution in [0.15, 0.2) is 42.7 Å².